The first kappa shape index (κ1) is 13.1. The van der Waals surface area contributed by atoms with Crippen molar-refractivity contribution in [1.82, 2.24) is 10.1 Å². The van der Waals surface area contributed by atoms with Crippen LogP contribution in [0, 0.1) is 0 Å². The van der Waals surface area contributed by atoms with E-state index in [4.69, 9.17) is 4.52 Å². The van der Waals surface area contributed by atoms with Gasteiger partial charge < -0.3 is 9.42 Å². The van der Waals surface area contributed by atoms with Gasteiger partial charge in [0.25, 0.3) is 11.8 Å². The third-order valence-corrected chi connectivity index (χ3v) is 4.33. The molecule has 0 amide bonds. The van der Waals surface area contributed by atoms with E-state index in [-0.39, 0.29) is 0 Å². The lowest BCUT2D eigenvalue weighted by Crippen LogP contribution is -2.32. The lowest BCUT2D eigenvalue weighted by Gasteiger charge is -2.21. The molecule has 4 heteroatoms. The zero-order valence-corrected chi connectivity index (χ0v) is 12.4. The second kappa shape index (κ2) is 5.30. The van der Waals surface area contributed by atoms with Gasteiger partial charge in [0.2, 0.25) is 0 Å². The third-order valence-electron chi connectivity index (χ3n) is 4.33. The first-order valence-electron chi connectivity index (χ1n) is 7.50. The average molecular weight is 291 g/mol. The SMILES string of the molecule is CN(c1noc(-c2ccccc2)n1)C1Cc2ccccc2C1. The maximum absolute atomic E-state index is 5.41. The molecular formula is C18H17N3O. The fourth-order valence-corrected chi connectivity index (χ4v) is 3.03. The van der Waals surface area contributed by atoms with Crippen LogP contribution in [0.4, 0.5) is 5.95 Å². The van der Waals surface area contributed by atoms with Crippen molar-refractivity contribution in [2.45, 2.75) is 18.9 Å². The van der Waals surface area contributed by atoms with Crippen LogP contribution in [0.15, 0.2) is 59.1 Å². The quantitative estimate of drug-likeness (QED) is 0.742. The Hall–Kier alpha value is -2.62. The van der Waals surface area contributed by atoms with E-state index in [0.717, 1.165) is 18.4 Å². The van der Waals surface area contributed by atoms with Crippen LogP contribution in [-0.4, -0.2) is 23.2 Å². The van der Waals surface area contributed by atoms with Gasteiger partial charge in [-0.05, 0) is 41.3 Å². The molecule has 0 fully saturated rings. The van der Waals surface area contributed by atoms with E-state index < -0.39 is 0 Å². The second-order valence-electron chi connectivity index (χ2n) is 5.71. The molecule has 0 saturated heterocycles. The van der Waals surface area contributed by atoms with E-state index in [9.17, 15) is 0 Å². The molecule has 2 aromatic carbocycles. The molecule has 0 radical (unpaired) electrons. The van der Waals surface area contributed by atoms with E-state index in [0.29, 0.717) is 17.9 Å². The number of hydrogen-bond acceptors (Lipinski definition) is 4. The first-order valence-corrected chi connectivity index (χ1v) is 7.50. The van der Waals surface area contributed by atoms with Crippen molar-refractivity contribution < 1.29 is 4.52 Å². The minimum Gasteiger partial charge on any atom is -0.338 e. The van der Waals surface area contributed by atoms with Crippen molar-refractivity contribution in [2.75, 3.05) is 11.9 Å². The summed E-state index contributed by atoms with van der Waals surface area (Å²) in [4.78, 5) is 6.66. The molecule has 110 valence electrons. The monoisotopic (exact) mass is 291 g/mol. The van der Waals surface area contributed by atoms with Crippen LogP contribution >= 0.6 is 0 Å². The highest BCUT2D eigenvalue weighted by atomic mass is 16.5. The number of rotatable bonds is 3. The molecule has 4 rings (SSSR count). The fourth-order valence-electron chi connectivity index (χ4n) is 3.03. The van der Waals surface area contributed by atoms with Gasteiger partial charge in [-0.15, -0.1) is 0 Å². The lowest BCUT2D eigenvalue weighted by atomic mass is 10.1. The Morgan fingerprint density at radius 1 is 0.955 bits per heavy atom. The minimum absolute atomic E-state index is 0.388. The number of anilines is 1. The number of aromatic nitrogens is 2. The van der Waals surface area contributed by atoms with Gasteiger partial charge in [-0.2, -0.15) is 4.98 Å². The summed E-state index contributed by atoms with van der Waals surface area (Å²) in [7, 11) is 2.04. The summed E-state index contributed by atoms with van der Waals surface area (Å²) >= 11 is 0. The molecule has 1 aliphatic rings. The Kier molecular flexibility index (Phi) is 3.15. The summed E-state index contributed by atoms with van der Waals surface area (Å²) in [5, 5.41) is 4.14. The Morgan fingerprint density at radius 2 is 1.59 bits per heavy atom. The van der Waals surface area contributed by atoms with Crippen molar-refractivity contribution in [3.8, 4) is 11.5 Å². The van der Waals surface area contributed by atoms with E-state index in [1.807, 2.05) is 37.4 Å². The van der Waals surface area contributed by atoms with Crippen molar-refractivity contribution in [1.29, 1.82) is 0 Å². The highest BCUT2D eigenvalue weighted by Gasteiger charge is 2.27. The van der Waals surface area contributed by atoms with E-state index >= 15 is 0 Å². The summed E-state index contributed by atoms with van der Waals surface area (Å²) < 4.78 is 5.41. The van der Waals surface area contributed by atoms with Crippen LogP contribution in [0.3, 0.4) is 0 Å². The van der Waals surface area contributed by atoms with Crippen LogP contribution in [0.5, 0.6) is 0 Å². The van der Waals surface area contributed by atoms with Gasteiger partial charge >= 0.3 is 0 Å². The molecule has 22 heavy (non-hydrogen) atoms. The highest BCUT2D eigenvalue weighted by Crippen LogP contribution is 2.27. The van der Waals surface area contributed by atoms with E-state index in [1.165, 1.54) is 11.1 Å². The topological polar surface area (TPSA) is 42.2 Å². The first-order chi connectivity index (χ1) is 10.8. The predicted octanol–water partition coefficient (Wildman–Crippen LogP) is 3.34. The Bertz CT molecular complexity index is 757. The van der Waals surface area contributed by atoms with Crippen molar-refractivity contribution in [2.24, 2.45) is 0 Å². The molecule has 0 saturated carbocycles. The molecule has 0 aliphatic heterocycles. The van der Waals surface area contributed by atoms with Crippen LogP contribution in [0.2, 0.25) is 0 Å². The predicted molar refractivity (Wildman–Crippen MR) is 85.8 cm³/mol. The molecule has 0 unspecified atom stereocenters. The zero-order chi connectivity index (χ0) is 14.9. The van der Waals surface area contributed by atoms with Gasteiger partial charge in [0.1, 0.15) is 0 Å². The fraction of sp³-hybridized carbons (Fsp3) is 0.222. The molecule has 3 aromatic rings. The number of hydrogen-bond donors (Lipinski definition) is 0. The van der Waals surface area contributed by atoms with E-state index in [1.54, 1.807) is 0 Å². The van der Waals surface area contributed by atoms with Crippen molar-refractivity contribution >= 4 is 5.95 Å². The summed E-state index contributed by atoms with van der Waals surface area (Å²) in [6.45, 7) is 0. The molecule has 1 aromatic heterocycles. The molecule has 0 bridgehead atoms. The number of fused-ring (bicyclic) bond motifs is 1. The Labute approximate surface area is 129 Å². The van der Waals surface area contributed by atoms with Crippen LogP contribution < -0.4 is 4.90 Å². The lowest BCUT2D eigenvalue weighted by molar-refractivity contribution is 0.428. The number of benzene rings is 2. The molecule has 0 spiro atoms. The van der Waals surface area contributed by atoms with Crippen LogP contribution in [-0.2, 0) is 12.8 Å². The maximum atomic E-state index is 5.41. The molecule has 0 N–H and O–H groups in total. The summed E-state index contributed by atoms with van der Waals surface area (Å²) in [6, 6.07) is 18.9. The molecule has 1 heterocycles. The summed E-state index contributed by atoms with van der Waals surface area (Å²) in [6.07, 6.45) is 2.06. The van der Waals surface area contributed by atoms with Gasteiger partial charge in [0.15, 0.2) is 0 Å². The van der Waals surface area contributed by atoms with Gasteiger partial charge in [0.05, 0.1) is 0 Å². The van der Waals surface area contributed by atoms with Crippen LogP contribution in [0.25, 0.3) is 11.5 Å². The smallest absolute Gasteiger partial charge is 0.266 e. The third kappa shape index (κ3) is 2.26. The number of likely N-dealkylation sites (N-methyl/N-ethyl adjacent to an activating group) is 1. The molecular weight excluding hydrogens is 274 g/mol. The van der Waals surface area contributed by atoms with Crippen LogP contribution in [0.1, 0.15) is 11.1 Å². The maximum Gasteiger partial charge on any atom is 0.266 e. The Balaban J connectivity index is 1.55. The van der Waals surface area contributed by atoms with Gasteiger partial charge in [-0.1, -0.05) is 42.5 Å². The standard InChI is InChI=1S/C18H17N3O/c1-21(16-11-14-9-5-6-10-15(14)12-16)18-19-17(22-20-18)13-7-3-2-4-8-13/h2-10,16H,11-12H2,1H3. The number of nitrogens with zero attached hydrogens (tertiary/aromatic N) is 3. The van der Waals surface area contributed by atoms with Crippen molar-refractivity contribution in [3.05, 3.63) is 65.7 Å². The molecule has 4 nitrogen and oxygen atoms in total. The highest BCUT2D eigenvalue weighted by molar-refractivity contribution is 5.54. The minimum atomic E-state index is 0.388. The molecule has 0 atom stereocenters. The van der Waals surface area contributed by atoms with Gasteiger partial charge in [-0.25, -0.2) is 0 Å². The average Bonchev–Trinajstić information content (AvgIpc) is 3.22. The van der Waals surface area contributed by atoms with Gasteiger partial charge in [0, 0.05) is 18.7 Å². The van der Waals surface area contributed by atoms with Gasteiger partial charge in [-0.3, -0.25) is 0 Å². The second-order valence-corrected chi connectivity index (χ2v) is 5.71. The van der Waals surface area contributed by atoms with Crippen molar-refractivity contribution in [3.63, 3.8) is 0 Å². The largest absolute Gasteiger partial charge is 0.338 e. The zero-order valence-electron chi connectivity index (χ0n) is 12.4. The Morgan fingerprint density at radius 3 is 2.27 bits per heavy atom. The summed E-state index contributed by atoms with van der Waals surface area (Å²) in [5.41, 5.74) is 3.79. The summed E-state index contributed by atoms with van der Waals surface area (Å²) in [5.74, 6) is 1.22. The normalized spacial score (nSPS) is 14.0. The van der Waals surface area contributed by atoms with E-state index in [2.05, 4.69) is 39.3 Å². The molecule has 1 aliphatic carbocycles.